The SMILES string of the molecule is CC=C1C=C(c2ccccc2)c2ccccc21. The van der Waals surface area contributed by atoms with Gasteiger partial charge >= 0.3 is 0 Å². The summed E-state index contributed by atoms with van der Waals surface area (Å²) < 4.78 is 0. The van der Waals surface area contributed by atoms with Gasteiger partial charge in [0.1, 0.15) is 0 Å². The zero-order chi connectivity index (χ0) is 11.7. The van der Waals surface area contributed by atoms with Gasteiger partial charge in [-0.3, -0.25) is 0 Å². The highest BCUT2D eigenvalue weighted by molar-refractivity contribution is 6.00. The first-order valence-corrected chi connectivity index (χ1v) is 5.93. The summed E-state index contributed by atoms with van der Waals surface area (Å²) in [7, 11) is 0. The van der Waals surface area contributed by atoms with Gasteiger partial charge in [0.25, 0.3) is 0 Å². The predicted octanol–water partition coefficient (Wildman–Crippen LogP) is 4.54. The Labute approximate surface area is 102 Å². The predicted molar refractivity (Wildman–Crippen MR) is 73.6 cm³/mol. The minimum absolute atomic E-state index is 1.29. The molecule has 0 unspecified atom stereocenters. The van der Waals surface area contributed by atoms with Gasteiger partial charge in [0.15, 0.2) is 0 Å². The van der Waals surface area contributed by atoms with E-state index in [9.17, 15) is 0 Å². The van der Waals surface area contributed by atoms with Gasteiger partial charge in [0, 0.05) is 0 Å². The monoisotopic (exact) mass is 218 g/mol. The number of hydrogen-bond donors (Lipinski definition) is 0. The van der Waals surface area contributed by atoms with Crippen LogP contribution >= 0.6 is 0 Å². The number of allylic oxidation sites excluding steroid dienone is 3. The van der Waals surface area contributed by atoms with E-state index in [1.807, 2.05) is 0 Å². The van der Waals surface area contributed by atoms with Gasteiger partial charge in [-0.25, -0.2) is 0 Å². The van der Waals surface area contributed by atoms with Crippen LogP contribution in [-0.4, -0.2) is 0 Å². The van der Waals surface area contributed by atoms with Gasteiger partial charge in [0.05, 0.1) is 0 Å². The van der Waals surface area contributed by atoms with E-state index >= 15 is 0 Å². The Morgan fingerprint density at radius 2 is 1.41 bits per heavy atom. The number of benzene rings is 2. The molecule has 0 atom stereocenters. The van der Waals surface area contributed by atoms with Gasteiger partial charge in [-0.05, 0) is 40.8 Å². The van der Waals surface area contributed by atoms with E-state index in [-0.39, 0.29) is 0 Å². The van der Waals surface area contributed by atoms with Gasteiger partial charge in [-0.1, -0.05) is 60.7 Å². The summed E-state index contributed by atoms with van der Waals surface area (Å²) >= 11 is 0. The van der Waals surface area contributed by atoms with E-state index < -0.39 is 0 Å². The second-order valence-electron chi connectivity index (χ2n) is 4.21. The number of fused-ring (bicyclic) bond motifs is 1. The molecule has 0 N–H and O–H groups in total. The molecule has 2 aromatic carbocycles. The lowest BCUT2D eigenvalue weighted by molar-refractivity contribution is 1.55. The molecule has 0 saturated heterocycles. The van der Waals surface area contributed by atoms with E-state index in [1.54, 1.807) is 0 Å². The summed E-state index contributed by atoms with van der Waals surface area (Å²) in [6.07, 6.45) is 4.45. The van der Waals surface area contributed by atoms with Crippen LogP contribution < -0.4 is 0 Å². The summed E-state index contributed by atoms with van der Waals surface area (Å²) in [6.45, 7) is 2.09. The Bertz CT molecular complexity index is 601. The van der Waals surface area contributed by atoms with Crippen LogP contribution in [0.25, 0.3) is 11.1 Å². The maximum atomic E-state index is 2.28. The quantitative estimate of drug-likeness (QED) is 0.659. The molecule has 1 aliphatic carbocycles. The first-order chi connectivity index (χ1) is 8.40. The maximum Gasteiger partial charge on any atom is -0.00991 e. The molecule has 17 heavy (non-hydrogen) atoms. The lowest BCUT2D eigenvalue weighted by Crippen LogP contribution is -1.85. The zero-order valence-electron chi connectivity index (χ0n) is 9.85. The molecule has 0 heteroatoms. The molecule has 82 valence electrons. The summed E-state index contributed by atoms with van der Waals surface area (Å²) in [4.78, 5) is 0. The molecular weight excluding hydrogens is 204 g/mol. The van der Waals surface area contributed by atoms with E-state index in [4.69, 9.17) is 0 Å². The molecule has 0 spiro atoms. The molecule has 0 saturated carbocycles. The van der Waals surface area contributed by atoms with E-state index in [0.717, 1.165) is 0 Å². The van der Waals surface area contributed by atoms with Crippen LogP contribution in [-0.2, 0) is 0 Å². The molecule has 0 bridgehead atoms. The van der Waals surface area contributed by atoms with Crippen LogP contribution in [0.2, 0.25) is 0 Å². The summed E-state index contributed by atoms with van der Waals surface area (Å²) in [6, 6.07) is 19.2. The number of hydrogen-bond acceptors (Lipinski definition) is 0. The smallest absolute Gasteiger partial charge is 0.00991 e. The molecule has 0 nitrogen and oxygen atoms in total. The zero-order valence-corrected chi connectivity index (χ0v) is 9.85. The van der Waals surface area contributed by atoms with Crippen molar-refractivity contribution in [3.8, 4) is 0 Å². The molecule has 0 amide bonds. The third-order valence-corrected chi connectivity index (χ3v) is 3.22. The van der Waals surface area contributed by atoms with Crippen LogP contribution in [0.5, 0.6) is 0 Å². The Morgan fingerprint density at radius 3 is 2.12 bits per heavy atom. The van der Waals surface area contributed by atoms with Crippen molar-refractivity contribution in [1.82, 2.24) is 0 Å². The largest absolute Gasteiger partial charge is 0.0797 e. The van der Waals surface area contributed by atoms with Crippen molar-refractivity contribution < 1.29 is 0 Å². The topological polar surface area (TPSA) is 0 Å². The standard InChI is InChI=1S/C17H14/c1-2-13-12-17(14-8-4-3-5-9-14)16-11-7-6-10-15(13)16/h2-12H,1H3. The Balaban J connectivity index is 2.21. The van der Waals surface area contributed by atoms with Gasteiger partial charge in [-0.15, -0.1) is 0 Å². The van der Waals surface area contributed by atoms with Crippen molar-refractivity contribution in [3.05, 3.63) is 83.4 Å². The van der Waals surface area contributed by atoms with Crippen molar-refractivity contribution >= 4 is 11.1 Å². The minimum atomic E-state index is 1.29. The molecule has 0 fully saturated rings. The molecule has 0 aromatic heterocycles. The molecule has 3 rings (SSSR count). The maximum absolute atomic E-state index is 2.28. The van der Waals surface area contributed by atoms with Gasteiger partial charge in [0.2, 0.25) is 0 Å². The van der Waals surface area contributed by atoms with E-state index in [2.05, 4.69) is 73.7 Å². The molecular formula is C17H14. The average molecular weight is 218 g/mol. The van der Waals surface area contributed by atoms with Crippen LogP contribution in [0.3, 0.4) is 0 Å². The Kier molecular flexibility index (Phi) is 2.41. The lowest BCUT2D eigenvalue weighted by atomic mass is 9.99. The fourth-order valence-corrected chi connectivity index (χ4v) is 2.38. The van der Waals surface area contributed by atoms with E-state index in [0.29, 0.717) is 0 Å². The Morgan fingerprint density at radius 1 is 0.765 bits per heavy atom. The van der Waals surface area contributed by atoms with Crippen molar-refractivity contribution in [1.29, 1.82) is 0 Å². The number of rotatable bonds is 1. The third-order valence-electron chi connectivity index (χ3n) is 3.22. The average Bonchev–Trinajstić information content (AvgIpc) is 2.78. The van der Waals surface area contributed by atoms with Crippen molar-refractivity contribution in [2.45, 2.75) is 6.92 Å². The summed E-state index contributed by atoms with van der Waals surface area (Å²) in [5.74, 6) is 0. The second kappa shape index (κ2) is 4.06. The second-order valence-corrected chi connectivity index (χ2v) is 4.21. The Hall–Kier alpha value is -2.08. The van der Waals surface area contributed by atoms with Crippen molar-refractivity contribution in [2.75, 3.05) is 0 Å². The van der Waals surface area contributed by atoms with Crippen molar-refractivity contribution in [2.24, 2.45) is 0 Å². The highest BCUT2D eigenvalue weighted by Crippen LogP contribution is 2.38. The first kappa shape index (κ1) is 10.1. The van der Waals surface area contributed by atoms with Gasteiger partial charge in [-0.2, -0.15) is 0 Å². The van der Waals surface area contributed by atoms with Gasteiger partial charge < -0.3 is 0 Å². The fraction of sp³-hybridized carbons (Fsp3) is 0.0588. The highest BCUT2D eigenvalue weighted by atomic mass is 14.2. The minimum Gasteiger partial charge on any atom is -0.0797 e. The lowest BCUT2D eigenvalue weighted by Gasteiger charge is -2.05. The first-order valence-electron chi connectivity index (χ1n) is 5.93. The van der Waals surface area contributed by atoms with Crippen LogP contribution in [0.4, 0.5) is 0 Å². The van der Waals surface area contributed by atoms with E-state index in [1.165, 1.54) is 27.8 Å². The third kappa shape index (κ3) is 1.62. The molecule has 1 aliphatic rings. The molecule has 0 aliphatic heterocycles. The summed E-state index contributed by atoms with van der Waals surface area (Å²) in [5, 5.41) is 0. The molecule has 2 aromatic rings. The highest BCUT2D eigenvalue weighted by Gasteiger charge is 2.17. The fourth-order valence-electron chi connectivity index (χ4n) is 2.38. The molecule has 0 radical (unpaired) electrons. The van der Waals surface area contributed by atoms with Crippen LogP contribution in [0.1, 0.15) is 23.6 Å². The van der Waals surface area contributed by atoms with Crippen LogP contribution in [0.15, 0.2) is 66.7 Å². The van der Waals surface area contributed by atoms with Crippen molar-refractivity contribution in [3.63, 3.8) is 0 Å². The molecule has 0 heterocycles. The normalized spacial score (nSPS) is 15.8. The van der Waals surface area contributed by atoms with Crippen LogP contribution in [0, 0.1) is 0 Å². The summed E-state index contributed by atoms with van der Waals surface area (Å²) in [5.41, 5.74) is 6.62.